The summed E-state index contributed by atoms with van der Waals surface area (Å²) in [6, 6.07) is 0. The minimum Gasteiger partial charge on any atom is -1.00 e. The Labute approximate surface area is 188 Å². The van der Waals surface area contributed by atoms with Crippen molar-refractivity contribution in [3.63, 3.8) is 0 Å². The van der Waals surface area contributed by atoms with E-state index in [9.17, 15) is 4.79 Å². The molecule has 2 nitrogen and oxygen atoms in total. The molecule has 0 saturated heterocycles. The van der Waals surface area contributed by atoms with E-state index in [4.69, 9.17) is 0 Å². The van der Waals surface area contributed by atoms with Gasteiger partial charge in [0.2, 0.25) is 0 Å². The first-order chi connectivity index (χ1) is 11.8. The van der Waals surface area contributed by atoms with Crippen LogP contribution >= 0.6 is 0 Å². The predicted molar refractivity (Wildman–Crippen MR) is 110 cm³/mol. The van der Waals surface area contributed by atoms with Crippen LogP contribution in [0.25, 0.3) is 0 Å². The number of allylic oxidation sites excluding steroid dienone is 4. The molecule has 1 amide bonds. The van der Waals surface area contributed by atoms with Gasteiger partial charge in [-0.3, -0.25) is 0 Å². The smallest absolute Gasteiger partial charge is 1.00 e. The molecule has 1 N–H and O–H groups in total. The Bertz CT molecular complexity index is 520. The second-order valence-corrected chi connectivity index (χ2v) is 20.7. The van der Waals surface area contributed by atoms with Gasteiger partial charge in [-0.2, -0.15) is 0 Å². The van der Waals surface area contributed by atoms with E-state index in [0.29, 0.717) is 11.8 Å². The summed E-state index contributed by atoms with van der Waals surface area (Å²) < 4.78 is 5.23. The van der Waals surface area contributed by atoms with Crippen LogP contribution in [0.5, 0.6) is 0 Å². The van der Waals surface area contributed by atoms with Crippen LogP contribution in [0.2, 0.25) is 13.1 Å². The fourth-order valence-electron chi connectivity index (χ4n) is 3.78. The third-order valence-corrected chi connectivity index (χ3v) is 17.3. The van der Waals surface area contributed by atoms with Crippen molar-refractivity contribution in [2.45, 2.75) is 99.1 Å². The maximum Gasteiger partial charge on any atom is -1.00 e. The third-order valence-electron chi connectivity index (χ3n) is 5.79. The Balaban J connectivity index is 0. The average Bonchev–Trinajstić information content (AvgIpc) is 2.75. The van der Waals surface area contributed by atoms with E-state index in [2.05, 4.69) is 51.5 Å². The zero-order chi connectivity index (χ0) is 19.0. The van der Waals surface area contributed by atoms with Crippen LogP contribution in [0.1, 0.15) is 86.0 Å². The van der Waals surface area contributed by atoms with Crippen molar-refractivity contribution in [3.05, 3.63) is 20.6 Å². The van der Waals surface area contributed by atoms with Crippen LogP contribution in [0.15, 0.2) is 20.6 Å². The van der Waals surface area contributed by atoms with Gasteiger partial charge in [0.15, 0.2) is 0 Å². The maximum atomic E-state index is 12.5. The van der Waals surface area contributed by atoms with Crippen LogP contribution in [0.4, 0.5) is 0 Å². The minimum absolute atomic E-state index is 0. The van der Waals surface area contributed by atoms with Gasteiger partial charge in [0.25, 0.3) is 0 Å². The van der Waals surface area contributed by atoms with Gasteiger partial charge < -0.3 is 24.8 Å². The number of hydrogen-bond acceptors (Lipinski definition) is 1. The monoisotopic (exact) mass is 468 g/mol. The number of hydrogen-bond donors (Lipinski definition) is 1. The normalized spacial score (nSPS) is 16.4. The molecule has 0 aliphatic heterocycles. The van der Waals surface area contributed by atoms with Gasteiger partial charge in [-0.15, -0.1) is 0 Å². The Morgan fingerprint density at radius 3 is 1.93 bits per heavy atom. The Morgan fingerprint density at radius 2 is 1.48 bits per heavy atom. The molecule has 1 aliphatic carbocycles. The molecule has 0 aromatic carbocycles. The first kappa shape index (κ1) is 29.7. The summed E-state index contributed by atoms with van der Waals surface area (Å²) in [6.07, 6.45) is 9.65. The van der Waals surface area contributed by atoms with Crippen molar-refractivity contribution in [2.75, 3.05) is 0 Å². The fraction of sp³-hybridized carbons (Fsp3) is 0.762. The van der Waals surface area contributed by atoms with Crippen molar-refractivity contribution in [3.8, 4) is 0 Å². The van der Waals surface area contributed by atoms with Crippen LogP contribution in [-0.2, 0) is 22.2 Å². The zero-order valence-corrected chi connectivity index (χ0v) is 22.7. The molecule has 0 spiro atoms. The van der Waals surface area contributed by atoms with Crippen LogP contribution < -0.4 is 28.6 Å². The minimum atomic E-state index is -1.63. The van der Waals surface area contributed by atoms with Crippen LogP contribution in [0, 0.1) is 5.92 Å². The van der Waals surface area contributed by atoms with E-state index in [1.165, 1.54) is 55.2 Å². The fourth-order valence-corrected chi connectivity index (χ4v) is 14.4. The first-order valence-electron chi connectivity index (χ1n) is 10.4. The molecule has 1 unspecified atom stereocenters. The van der Waals surface area contributed by atoms with E-state index in [-0.39, 0.29) is 24.8 Å². The maximum absolute atomic E-state index is 12.5. The molecule has 0 saturated carbocycles. The van der Waals surface area contributed by atoms with Crippen molar-refractivity contribution in [1.82, 2.24) is 3.80 Å². The summed E-state index contributed by atoms with van der Waals surface area (Å²) in [5, 5.41) is 0. The van der Waals surface area contributed by atoms with Crippen molar-refractivity contribution in [2.24, 2.45) is 5.92 Å². The van der Waals surface area contributed by atoms with Gasteiger partial charge in [-0.1, -0.05) is 0 Å². The molecule has 1 aliphatic rings. The van der Waals surface area contributed by atoms with Crippen LogP contribution in [0.3, 0.4) is 0 Å². The van der Waals surface area contributed by atoms with Gasteiger partial charge in [0.05, 0.1) is 0 Å². The van der Waals surface area contributed by atoms with E-state index < -0.39 is 24.0 Å². The van der Waals surface area contributed by atoms with Crippen molar-refractivity contribution >= 4 is 12.6 Å². The number of nitrogens with one attached hydrogen (secondary N) is 1. The molecule has 0 aromatic rings. The van der Waals surface area contributed by atoms with Gasteiger partial charge in [-0.05, 0) is 0 Å². The third kappa shape index (κ3) is 9.21. The number of rotatable bonds is 11. The number of carbonyl (C=O) groups is 1. The second kappa shape index (κ2) is 15.3. The second-order valence-electron chi connectivity index (χ2n) is 8.06. The number of carbonyl (C=O) groups excluding carboxylic acids is 1. The molecule has 0 aromatic heterocycles. The number of unbranched alkanes of at least 4 members (excludes halogenated alkanes) is 6. The Hall–Kier alpha value is 0.461. The zero-order valence-electron chi connectivity index (χ0n) is 18.5. The molecule has 157 valence electrons. The van der Waals surface area contributed by atoms with Crippen LogP contribution in [-0.4, -0.2) is 12.6 Å². The molecule has 0 radical (unpaired) electrons. The summed E-state index contributed by atoms with van der Waals surface area (Å²) in [4.78, 5) is 12.5. The van der Waals surface area contributed by atoms with Crippen molar-refractivity contribution in [1.29, 1.82) is 0 Å². The summed E-state index contributed by atoms with van der Waals surface area (Å²) in [5.74, 6) is 0.892. The summed E-state index contributed by atoms with van der Waals surface area (Å²) in [7, 11) is 0. The van der Waals surface area contributed by atoms with E-state index in [1.54, 1.807) is 3.88 Å². The summed E-state index contributed by atoms with van der Waals surface area (Å²) in [6.45, 7) is 15.4. The Kier molecular flexibility index (Phi) is 16.8. The van der Waals surface area contributed by atoms with Crippen molar-refractivity contribution < 1.29 is 47.0 Å². The molecule has 1 rings (SSSR count). The first-order valence-corrected chi connectivity index (χ1v) is 17.5. The molecule has 27 heavy (non-hydrogen) atoms. The molecular formula is C21H40Cl2NOSiTi. The Morgan fingerprint density at radius 1 is 0.963 bits per heavy atom. The van der Waals surface area contributed by atoms with Gasteiger partial charge >= 0.3 is 164 Å². The molecule has 0 bridgehead atoms. The number of halogens is 2. The predicted octanol–water partition coefficient (Wildman–Crippen LogP) is 0.0280. The summed E-state index contributed by atoms with van der Waals surface area (Å²) >= 11 is -1.63. The van der Waals surface area contributed by atoms with Gasteiger partial charge in [-0.25, -0.2) is 0 Å². The number of amides is 1. The molecule has 1 atom stereocenters. The molecule has 6 heteroatoms. The average molecular weight is 469 g/mol. The standard InChI is InChI=1S/C10H21NO.C9H13.C2H7Si.2ClH.Ti/c1-2-3-4-5-6-7-8-9-10(11)12;1-6-5-7(2)9(4)8(6)3;1-3-2;;;/h2-9H2,1H3,(H2,11,12);6H,1-4H3;3H,1-2H3;2*1H;/q;;;;;+3/p-3. The van der Waals surface area contributed by atoms with E-state index in [0.717, 1.165) is 12.8 Å². The topological polar surface area (TPSA) is 29.1 Å². The largest absolute Gasteiger partial charge is 1.00 e. The summed E-state index contributed by atoms with van der Waals surface area (Å²) in [5.41, 5.74) is 4.49. The van der Waals surface area contributed by atoms with Gasteiger partial charge in [0, 0.05) is 0 Å². The van der Waals surface area contributed by atoms with E-state index in [1.807, 2.05) is 0 Å². The van der Waals surface area contributed by atoms with Gasteiger partial charge in [0.1, 0.15) is 0 Å². The molecule has 0 heterocycles. The quantitative estimate of drug-likeness (QED) is 0.336. The SMILES string of the molecule is CCCCCCCCCC(=O)[NH][Ti+2]([C]1=C(C)C(C)=C(C)C1C)[SiH](C)C.[Cl-].[Cl-]. The van der Waals surface area contributed by atoms with E-state index >= 15 is 0 Å². The molecular weight excluding hydrogens is 429 g/mol. The molecule has 0 fully saturated rings.